The molecule has 3 N–H and O–H groups in total. The predicted octanol–water partition coefficient (Wildman–Crippen LogP) is 2.65. The van der Waals surface area contributed by atoms with Crippen LogP contribution >= 0.6 is 11.3 Å². The van der Waals surface area contributed by atoms with E-state index in [-0.39, 0.29) is 0 Å². The van der Waals surface area contributed by atoms with Gasteiger partial charge >= 0.3 is 0 Å². The molecule has 1 atom stereocenters. The van der Waals surface area contributed by atoms with E-state index in [1.807, 2.05) is 17.5 Å². The van der Waals surface area contributed by atoms with Gasteiger partial charge in [0, 0.05) is 35.9 Å². The van der Waals surface area contributed by atoms with E-state index in [0.29, 0.717) is 11.9 Å². The lowest BCUT2D eigenvalue weighted by molar-refractivity contribution is 0.143. The van der Waals surface area contributed by atoms with E-state index in [4.69, 9.17) is 9.97 Å². The van der Waals surface area contributed by atoms with Crippen LogP contribution in [0.2, 0.25) is 0 Å². The minimum absolute atomic E-state index is 0.349. The molecule has 1 saturated heterocycles. The Kier molecular flexibility index (Phi) is 4.79. The largest absolute Gasteiger partial charge is 0.378 e. The summed E-state index contributed by atoms with van der Waals surface area (Å²) in [5.41, 5.74) is 1.48. The van der Waals surface area contributed by atoms with Crippen molar-refractivity contribution in [3.8, 4) is 23.2 Å². The van der Waals surface area contributed by atoms with Crippen molar-refractivity contribution in [2.24, 2.45) is 0 Å². The first-order valence-corrected chi connectivity index (χ1v) is 9.80. The first-order chi connectivity index (χ1) is 13.0. The Bertz CT molecular complexity index is 1010. The minimum atomic E-state index is -1.05. The van der Waals surface area contributed by atoms with Gasteiger partial charge in [0.1, 0.15) is 16.9 Å². The molecule has 0 spiro atoms. The van der Waals surface area contributed by atoms with Gasteiger partial charge in [0.05, 0.1) is 10.3 Å². The summed E-state index contributed by atoms with van der Waals surface area (Å²) in [6, 6.07) is 4.15. The van der Waals surface area contributed by atoms with Crippen molar-refractivity contribution in [1.82, 2.24) is 20.3 Å². The van der Waals surface area contributed by atoms with E-state index in [2.05, 4.69) is 27.5 Å². The molecule has 1 aliphatic rings. The van der Waals surface area contributed by atoms with Crippen LogP contribution in [0.25, 0.3) is 21.6 Å². The summed E-state index contributed by atoms with van der Waals surface area (Å²) >= 11 is 1.57. The SMILES string of the molecule is CC(C)(O)C#Cc1csc2c(N[C@@H]3CCNC3)nc(-c3ccncc3)nc12. The maximum absolute atomic E-state index is 9.94. The molecule has 1 aliphatic heterocycles. The topological polar surface area (TPSA) is 83.0 Å². The molecule has 0 unspecified atom stereocenters. The van der Waals surface area contributed by atoms with E-state index in [1.54, 1.807) is 37.6 Å². The van der Waals surface area contributed by atoms with Crippen LogP contribution in [0, 0.1) is 11.8 Å². The summed E-state index contributed by atoms with van der Waals surface area (Å²) in [6.07, 6.45) is 4.53. The molecule has 0 aromatic carbocycles. The maximum atomic E-state index is 9.94. The van der Waals surface area contributed by atoms with E-state index in [0.717, 1.165) is 46.7 Å². The van der Waals surface area contributed by atoms with Gasteiger partial charge < -0.3 is 15.7 Å². The van der Waals surface area contributed by atoms with E-state index in [1.165, 1.54) is 0 Å². The molecular weight excluding hydrogens is 358 g/mol. The van der Waals surface area contributed by atoms with Gasteiger partial charge in [-0.2, -0.15) is 0 Å². The Hall–Kier alpha value is -2.53. The second kappa shape index (κ2) is 7.24. The van der Waals surface area contributed by atoms with E-state index < -0.39 is 5.60 Å². The number of hydrogen-bond acceptors (Lipinski definition) is 7. The van der Waals surface area contributed by atoms with Crippen LogP contribution in [0.4, 0.5) is 5.82 Å². The summed E-state index contributed by atoms with van der Waals surface area (Å²) in [7, 11) is 0. The number of nitrogens with one attached hydrogen (secondary N) is 2. The van der Waals surface area contributed by atoms with Crippen molar-refractivity contribution < 1.29 is 5.11 Å². The number of thiophene rings is 1. The molecular formula is C20H21N5OS. The first-order valence-electron chi connectivity index (χ1n) is 8.92. The Morgan fingerprint density at radius 2 is 2.11 bits per heavy atom. The Morgan fingerprint density at radius 1 is 1.30 bits per heavy atom. The van der Waals surface area contributed by atoms with Crippen molar-refractivity contribution in [1.29, 1.82) is 0 Å². The molecule has 6 nitrogen and oxygen atoms in total. The highest BCUT2D eigenvalue weighted by molar-refractivity contribution is 7.18. The van der Waals surface area contributed by atoms with Crippen molar-refractivity contribution in [3.05, 3.63) is 35.5 Å². The van der Waals surface area contributed by atoms with Crippen LogP contribution in [-0.2, 0) is 0 Å². The van der Waals surface area contributed by atoms with Gasteiger partial charge in [0.25, 0.3) is 0 Å². The third kappa shape index (κ3) is 4.08. The fourth-order valence-electron chi connectivity index (χ4n) is 2.93. The van der Waals surface area contributed by atoms with Gasteiger partial charge in [-0.15, -0.1) is 11.3 Å². The highest BCUT2D eigenvalue weighted by atomic mass is 32.1. The van der Waals surface area contributed by atoms with Crippen molar-refractivity contribution in [3.63, 3.8) is 0 Å². The monoisotopic (exact) mass is 379 g/mol. The Labute approximate surface area is 162 Å². The van der Waals surface area contributed by atoms with Crippen molar-refractivity contribution >= 4 is 27.4 Å². The number of aromatic nitrogens is 3. The molecule has 0 amide bonds. The molecule has 27 heavy (non-hydrogen) atoms. The summed E-state index contributed by atoms with van der Waals surface area (Å²) in [6.45, 7) is 5.28. The quantitative estimate of drug-likeness (QED) is 0.607. The zero-order valence-corrected chi connectivity index (χ0v) is 16.1. The van der Waals surface area contributed by atoms with Gasteiger partial charge in [-0.25, -0.2) is 9.97 Å². The van der Waals surface area contributed by atoms with Crippen LogP contribution in [0.1, 0.15) is 25.8 Å². The number of aliphatic hydroxyl groups is 1. The third-order valence-corrected chi connectivity index (χ3v) is 5.23. The standard InChI is InChI=1S/C20H21N5OS/c1-20(2,26)7-3-14-12-27-17-16(14)24-18(13-4-8-21-9-5-13)25-19(17)23-15-6-10-22-11-15/h4-5,8-9,12,15,22,26H,6,10-11H2,1-2H3,(H,23,24,25)/t15-/m1/s1. The van der Waals surface area contributed by atoms with Gasteiger partial charge in [0.2, 0.25) is 0 Å². The molecule has 7 heteroatoms. The summed E-state index contributed by atoms with van der Waals surface area (Å²) in [4.78, 5) is 13.6. The normalized spacial score (nSPS) is 16.9. The Morgan fingerprint density at radius 3 is 2.81 bits per heavy atom. The molecule has 0 saturated carbocycles. The van der Waals surface area contributed by atoms with Crippen molar-refractivity contribution in [2.45, 2.75) is 31.9 Å². The maximum Gasteiger partial charge on any atom is 0.162 e. The van der Waals surface area contributed by atoms with E-state index in [9.17, 15) is 5.11 Å². The lowest BCUT2D eigenvalue weighted by Crippen LogP contribution is -2.22. The number of nitrogens with zero attached hydrogens (tertiary/aromatic N) is 3. The zero-order valence-electron chi connectivity index (χ0n) is 15.3. The molecule has 0 aliphatic carbocycles. The number of rotatable bonds is 3. The zero-order chi connectivity index (χ0) is 18.9. The highest BCUT2D eigenvalue weighted by Crippen LogP contribution is 2.32. The second-order valence-electron chi connectivity index (χ2n) is 7.10. The van der Waals surface area contributed by atoms with Gasteiger partial charge in [-0.3, -0.25) is 4.98 Å². The van der Waals surface area contributed by atoms with Gasteiger partial charge in [0.15, 0.2) is 5.82 Å². The summed E-state index contributed by atoms with van der Waals surface area (Å²) in [5, 5.41) is 18.8. The molecule has 0 radical (unpaired) electrons. The molecule has 4 rings (SSSR count). The number of pyridine rings is 1. The molecule has 4 heterocycles. The molecule has 0 bridgehead atoms. The van der Waals surface area contributed by atoms with E-state index >= 15 is 0 Å². The molecule has 1 fully saturated rings. The first kappa shape index (κ1) is 17.9. The number of fused-ring (bicyclic) bond motifs is 1. The smallest absolute Gasteiger partial charge is 0.162 e. The fraction of sp³-hybridized carbons (Fsp3) is 0.350. The van der Waals surface area contributed by atoms with Crippen molar-refractivity contribution in [2.75, 3.05) is 18.4 Å². The molecule has 3 aromatic rings. The average Bonchev–Trinajstić information content (AvgIpc) is 3.30. The Balaban J connectivity index is 1.84. The fourth-order valence-corrected chi connectivity index (χ4v) is 3.82. The lowest BCUT2D eigenvalue weighted by Gasteiger charge is -2.14. The van der Waals surface area contributed by atoms with Crippen LogP contribution in [0.15, 0.2) is 29.9 Å². The van der Waals surface area contributed by atoms with Crippen LogP contribution in [-0.4, -0.2) is 44.8 Å². The molecule has 3 aromatic heterocycles. The second-order valence-corrected chi connectivity index (χ2v) is 7.98. The highest BCUT2D eigenvalue weighted by Gasteiger charge is 2.19. The number of hydrogen-bond donors (Lipinski definition) is 3. The summed E-state index contributed by atoms with van der Waals surface area (Å²) in [5.74, 6) is 7.43. The predicted molar refractivity (Wildman–Crippen MR) is 109 cm³/mol. The van der Waals surface area contributed by atoms with Gasteiger partial charge in [-0.05, 0) is 38.9 Å². The van der Waals surface area contributed by atoms with Gasteiger partial charge in [-0.1, -0.05) is 11.8 Å². The lowest BCUT2D eigenvalue weighted by atomic mass is 10.1. The van der Waals surface area contributed by atoms with Crippen LogP contribution in [0.5, 0.6) is 0 Å². The number of anilines is 1. The van der Waals surface area contributed by atoms with Crippen LogP contribution < -0.4 is 10.6 Å². The molecule has 138 valence electrons. The summed E-state index contributed by atoms with van der Waals surface area (Å²) < 4.78 is 0.986. The minimum Gasteiger partial charge on any atom is -0.378 e. The average molecular weight is 379 g/mol. The third-order valence-electron chi connectivity index (χ3n) is 4.26. The van der Waals surface area contributed by atoms with Crippen LogP contribution in [0.3, 0.4) is 0 Å².